The standard InChI is InChI=1S/C20H24N6O3/c1-27-15-9-13-14(10-16(15)28-2)22-20(23-17(13)21)26-7-5-11(6-8-26)18-24-19(29-25-18)12-3-4-12/h9-12H,3-8H2,1-2H3,(H2,21,22,23). The van der Waals surface area contributed by atoms with E-state index in [2.05, 4.69) is 20.0 Å². The van der Waals surface area contributed by atoms with Crippen molar-refractivity contribution in [3.05, 3.63) is 23.8 Å². The van der Waals surface area contributed by atoms with Crippen LogP contribution in [-0.2, 0) is 0 Å². The molecule has 2 N–H and O–H groups in total. The van der Waals surface area contributed by atoms with E-state index in [1.165, 1.54) is 0 Å². The van der Waals surface area contributed by atoms with Crippen LogP contribution in [0.2, 0.25) is 0 Å². The Labute approximate surface area is 168 Å². The normalized spacial score (nSPS) is 17.7. The first kappa shape index (κ1) is 18.0. The average molecular weight is 396 g/mol. The van der Waals surface area contributed by atoms with Crippen LogP contribution in [0.4, 0.5) is 11.8 Å². The van der Waals surface area contributed by atoms with Crippen molar-refractivity contribution >= 4 is 22.7 Å². The summed E-state index contributed by atoms with van der Waals surface area (Å²) in [5.74, 6) is 4.72. The molecule has 1 aliphatic carbocycles. The van der Waals surface area contributed by atoms with Gasteiger partial charge in [0.1, 0.15) is 5.82 Å². The Morgan fingerprint density at radius 2 is 1.69 bits per heavy atom. The third-order valence-corrected chi connectivity index (χ3v) is 5.75. The van der Waals surface area contributed by atoms with E-state index in [1.54, 1.807) is 14.2 Å². The number of hydrogen-bond donors (Lipinski definition) is 1. The van der Waals surface area contributed by atoms with Gasteiger partial charge in [-0.15, -0.1) is 0 Å². The van der Waals surface area contributed by atoms with Crippen molar-refractivity contribution in [3.63, 3.8) is 0 Å². The van der Waals surface area contributed by atoms with Crippen LogP contribution in [0.25, 0.3) is 10.9 Å². The van der Waals surface area contributed by atoms with E-state index in [9.17, 15) is 0 Å². The molecular formula is C20H24N6O3. The molecule has 1 aliphatic heterocycles. The molecule has 9 heteroatoms. The smallest absolute Gasteiger partial charge is 0.229 e. The number of piperidine rings is 1. The Balaban J connectivity index is 1.35. The zero-order valence-electron chi connectivity index (χ0n) is 16.6. The van der Waals surface area contributed by atoms with E-state index in [1.807, 2.05) is 12.1 Å². The maximum absolute atomic E-state index is 6.23. The van der Waals surface area contributed by atoms with Crippen LogP contribution in [0.15, 0.2) is 16.7 Å². The summed E-state index contributed by atoms with van der Waals surface area (Å²) < 4.78 is 16.2. The lowest BCUT2D eigenvalue weighted by atomic mass is 9.96. The molecule has 9 nitrogen and oxygen atoms in total. The summed E-state index contributed by atoms with van der Waals surface area (Å²) in [7, 11) is 3.20. The lowest BCUT2D eigenvalue weighted by molar-refractivity contribution is 0.356. The van der Waals surface area contributed by atoms with Crippen LogP contribution in [0.1, 0.15) is 49.2 Å². The number of methoxy groups -OCH3 is 2. The summed E-state index contributed by atoms with van der Waals surface area (Å²) in [6, 6.07) is 3.65. The van der Waals surface area contributed by atoms with Crippen molar-refractivity contribution in [3.8, 4) is 11.5 Å². The summed E-state index contributed by atoms with van der Waals surface area (Å²) in [5, 5.41) is 4.96. The molecule has 152 valence electrons. The van der Waals surface area contributed by atoms with Crippen molar-refractivity contribution < 1.29 is 14.0 Å². The fourth-order valence-electron chi connectivity index (χ4n) is 3.85. The summed E-state index contributed by atoms with van der Waals surface area (Å²) in [6.07, 6.45) is 4.18. The van der Waals surface area contributed by atoms with Crippen molar-refractivity contribution in [2.75, 3.05) is 37.9 Å². The van der Waals surface area contributed by atoms with Crippen molar-refractivity contribution in [2.24, 2.45) is 0 Å². The van der Waals surface area contributed by atoms with Crippen molar-refractivity contribution in [1.82, 2.24) is 20.1 Å². The Morgan fingerprint density at radius 1 is 0.966 bits per heavy atom. The molecule has 3 heterocycles. The number of benzene rings is 1. The van der Waals surface area contributed by atoms with Gasteiger partial charge in [-0.1, -0.05) is 5.16 Å². The van der Waals surface area contributed by atoms with Crippen LogP contribution >= 0.6 is 0 Å². The Morgan fingerprint density at radius 3 is 2.38 bits per heavy atom. The van der Waals surface area contributed by atoms with E-state index >= 15 is 0 Å². The molecule has 3 aromatic rings. The Bertz CT molecular complexity index is 1040. The third-order valence-electron chi connectivity index (χ3n) is 5.75. The molecule has 0 unspecified atom stereocenters. The van der Waals surface area contributed by atoms with Gasteiger partial charge in [0.15, 0.2) is 17.3 Å². The summed E-state index contributed by atoms with van der Waals surface area (Å²) in [6.45, 7) is 1.63. The largest absolute Gasteiger partial charge is 0.493 e. The lowest BCUT2D eigenvalue weighted by Gasteiger charge is -2.30. The van der Waals surface area contributed by atoms with E-state index < -0.39 is 0 Å². The molecule has 2 fully saturated rings. The van der Waals surface area contributed by atoms with Gasteiger partial charge >= 0.3 is 0 Å². The highest BCUT2D eigenvalue weighted by Crippen LogP contribution is 2.40. The number of aromatic nitrogens is 4. The first-order valence-corrected chi connectivity index (χ1v) is 9.94. The van der Waals surface area contributed by atoms with E-state index in [4.69, 9.17) is 24.7 Å². The molecule has 29 heavy (non-hydrogen) atoms. The summed E-state index contributed by atoms with van der Waals surface area (Å²) in [4.78, 5) is 16.0. The van der Waals surface area contributed by atoms with Gasteiger partial charge in [0, 0.05) is 36.4 Å². The highest BCUT2D eigenvalue weighted by molar-refractivity contribution is 5.91. The van der Waals surface area contributed by atoms with Gasteiger partial charge < -0.3 is 24.6 Å². The number of nitrogens with two attached hydrogens (primary N) is 1. The first-order valence-electron chi connectivity index (χ1n) is 9.94. The van der Waals surface area contributed by atoms with Gasteiger partial charge in [0.2, 0.25) is 11.8 Å². The quantitative estimate of drug-likeness (QED) is 0.695. The number of anilines is 2. The zero-order valence-corrected chi connectivity index (χ0v) is 16.6. The number of nitrogen functional groups attached to an aromatic ring is 1. The fourth-order valence-corrected chi connectivity index (χ4v) is 3.85. The fraction of sp³-hybridized carbons (Fsp3) is 0.500. The number of rotatable bonds is 5. The van der Waals surface area contributed by atoms with Crippen LogP contribution in [0, 0.1) is 0 Å². The highest BCUT2D eigenvalue weighted by Gasteiger charge is 2.32. The molecule has 1 saturated heterocycles. The van der Waals surface area contributed by atoms with Gasteiger partial charge in [-0.05, 0) is 31.7 Å². The van der Waals surface area contributed by atoms with Crippen LogP contribution < -0.4 is 20.1 Å². The predicted octanol–water partition coefficient (Wildman–Crippen LogP) is 2.87. The molecule has 0 amide bonds. The zero-order chi connectivity index (χ0) is 20.0. The second-order valence-corrected chi connectivity index (χ2v) is 7.66. The molecular weight excluding hydrogens is 372 g/mol. The van der Waals surface area contributed by atoms with Gasteiger partial charge in [-0.25, -0.2) is 4.98 Å². The molecule has 0 atom stereocenters. The van der Waals surface area contributed by atoms with Gasteiger partial charge in [0.25, 0.3) is 0 Å². The SMILES string of the molecule is COc1cc2nc(N3CCC(c4noc(C5CC5)n4)CC3)nc(N)c2cc1OC. The predicted molar refractivity (Wildman–Crippen MR) is 108 cm³/mol. The van der Waals surface area contributed by atoms with E-state index in [-0.39, 0.29) is 0 Å². The Kier molecular flexibility index (Phi) is 4.37. The monoisotopic (exact) mass is 396 g/mol. The molecule has 5 rings (SSSR count). The molecule has 0 bridgehead atoms. The van der Waals surface area contributed by atoms with Gasteiger partial charge in [0.05, 0.1) is 19.7 Å². The van der Waals surface area contributed by atoms with Crippen molar-refractivity contribution in [2.45, 2.75) is 37.5 Å². The molecule has 1 aromatic carbocycles. The summed E-state index contributed by atoms with van der Waals surface area (Å²) in [5.41, 5.74) is 6.96. The second-order valence-electron chi connectivity index (χ2n) is 7.66. The number of hydrogen-bond acceptors (Lipinski definition) is 9. The van der Waals surface area contributed by atoms with E-state index in [0.29, 0.717) is 35.1 Å². The maximum Gasteiger partial charge on any atom is 0.229 e. The maximum atomic E-state index is 6.23. The van der Waals surface area contributed by atoms with Crippen LogP contribution in [-0.4, -0.2) is 47.4 Å². The Hall–Kier alpha value is -3.10. The summed E-state index contributed by atoms with van der Waals surface area (Å²) >= 11 is 0. The topological polar surface area (TPSA) is 112 Å². The van der Waals surface area contributed by atoms with Gasteiger partial charge in [-0.3, -0.25) is 0 Å². The lowest BCUT2D eigenvalue weighted by Crippen LogP contribution is -2.34. The molecule has 0 spiro atoms. The number of fused-ring (bicyclic) bond motifs is 1. The average Bonchev–Trinajstić information content (AvgIpc) is 3.49. The first-order chi connectivity index (χ1) is 14.2. The van der Waals surface area contributed by atoms with Crippen LogP contribution in [0.5, 0.6) is 11.5 Å². The van der Waals surface area contributed by atoms with Gasteiger partial charge in [-0.2, -0.15) is 9.97 Å². The second kappa shape index (κ2) is 7.06. The minimum atomic E-state index is 0.310. The molecule has 2 aromatic heterocycles. The minimum absolute atomic E-state index is 0.310. The number of nitrogens with zero attached hydrogens (tertiary/aromatic N) is 5. The molecule has 2 aliphatic rings. The van der Waals surface area contributed by atoms with Crippen LogP contribution in [0.3, 0.4) is 0 Å². The van der Waals surface area contributed by atoms with E-state index in [0.717, 1.165) is 61.4 Å². The molecule has 0 radical (unpaired) electrons. The molecule has 1 saturated carbocycles. The number of ether oxygens (including phenoxy) is 2. The third kappa shape index (κ3) is 3.30. The highest BCUT2D eigenvalue weighted by atomic mass is 16.5. The minimum Gasteiger partial charge on any atom is -0.493 e. The van der Waals surface area contributed by atoms with Crippen molar-refractivity contribution in [1.29, 1.82) is 0 Å².